The third kappa shape index (κ3) is 4.38. The number of tetrazole rings is 1. The monoisotopic (exact) mass is 454 g/mol. The molecule has 2 aromatic heterocycles. The quantitative estimate of drug-likeness (QED) is 0.348. The molecule has 8 heteroatoms. The van der Waals surface area contributed by atoms with Crippen LogP contribution < -0.4 is 4.90 Å². The molecule has 0 saturated carbocycles. The van der Waals surface area contributed by atoms with Crippen molar-refractivity contribution in [3.05, 3.63) is 90.3 Å². The van der Waals surface area contributed by atoms with Gasteiger partial charge in [-0.1, -0.05) is 61.6 Å². The fourth-order valence-corrected chi connectivity index (χ4v) is 4.63. The Morgan fingerprint density at radius 2 is 1.76 bits per heavy atom. The number of thiazole rings is 1. The number of fused-ring (bicyclic) bond motifs is 1. The van der Waals surface area contributed by atoms with Gasteiger partial charge in [-0.2, -0.15) is 0 Å². The lowest BCUT2D eigenvalue weighted by atomic mass is 10.0. The van der Waals surface area contributed by atoms with Crippen LogP contribution >= 0.6 is 11.3 Å². The number of aromatic nitrogens is 5. The first-order valence-electron chi connectivity index (χ1n) is 10.7. The molecule has 164 valence electrons. The summed E-state index contributed by atoms with van der Waals surface area (Å²) in [7, 11) is 0. The van der Waals surface area contributed by atoms with Crippen molar-refractivity contribution in [2.45, 2.75) is 26.2 Å². The van der Waals surface area contributed by atoms with Gasteiger partial charge >= 0.3 is 0 Å². The summed E-state index contributed by atoms with van der Waals surface area (Å²) < 4.78 is 2.63. The van der Waals surface area contributed by atoms with Crippen molar-refractivity contribution >= 4 is 38.3 Å². The second kappa shape index (κ2) is 8.91. The van der Waals surface area contributed by atoms with Crippen LogP contribution in [0.25, 0.3) is 15.9 Å². The van der Waals surface area contributed by atoms with Crippen LogP contribution in [0.3, 0.4) is 0 Å². The summed E-state index contributed by atoms with van der Waals surface area (Å²) in [4.78, 5) is 20.1. The van der Waals surface area contributed by atoms with E-state index in [0.717, 1.165) is 27.2 Å². The fraction of sp³-hybridized carbons (Fsp3) is 0.160. The van der Waals surface area contributed by atoms with Crippen molar-refractivity contribution in [2.24, 2.45) is 0 Å². The molecule has 7 nitrogen and oxygen atoms in total. The highest BCUT2D eigenvalue weighted by Gasteiger charge is 2.22. The van der Waals surface area contributed by atoms with Crippen LogP contribution in [0.2, 0.25) is 0 Å². The van der Waals surface area contributed by atoms with Crippen LogP contribution in [0, 0.1) is 0 Å². The SMILES string of the molecule is CC(C)c1ccc(N(C(=O)Cc2ccc(-n3cnnn3)cc2)c2nc3ccccc3s2)cc1. The molecule has 5 rings (SSSR count). The molecule has 1 amide bonds. The van der Waals surface area contributed by atoms with Crippen LogP contribution in [0.4, 0.5) is 10.8 Å². The van der Waals surface area contributed by atoms with Crippen molar-refractivity contribution in [2.75, 3.05) is 4.90 Å². The van der Waals surface area contributed by atoms with E-state index in [9.17, 15) is 4.79 Å². The number of carbonyl (C=O) groups excluding carboxylic acids is 1. The topological polar surface area (TPSA) is 76.8 Å². The Hall–Kier alpha value is -3.91. The first-order chi connectivity index (χ1) is 16.1. The number of hydrogen-bond acceptors (Lipinski definition) is 6. The molecule has 3 aromatic carbocycles. The molecule has 0 radical (unpaired) electrons. The number of nitrogens with zero attached hydrogens (tertiary/aromatic N) is 6. The number of carbonyl (C=O) groups is 1. The number of hydrogen-bond donors (Lipinski definition) is 0. The first-order valence-corrected chi connectivity index (χ1v) is 11.5. The average Bonchev–Trinajstić information content (AvgIpc) is 3.50. The van der Waals surface area contributed by atoms with Crippen molar-refractivity contribution < 1.29 is 4.79 Å². The van der Waals surface area contributed by atoms with Gasteiger partial charge in [0.05, 0.1) is 28.0 Å². The van der Waals surface area contributed by atoms with Crippen LogP contribution in [-0.2, 0) is 11.2 Å². The van der Waals surface area contributed by atoms with E-state index in [2.05, 4.69) is 41.5 Å². The lowest BCUT2D eigenvalue weighted by Gasteiger charge is -2.21. The van der Waals surface area contributed by atoms with Gasteiger partial charge in [0.1, 0.15) is 6.33 Å². The van der Waals surface area contributed by atoms with Crippen LogP contribution in [-0.4, -0.2) is 31.1 Å². The zero-order valence-electron chi connectivity index (χ0n) is 18.3. The van der Waals surface area contributed by atoms with E-state index in [1.54, 1.807) is 9.58 Å². The molecule has 5 aromatic rings. The predicted octanol–water partition coefficient (Wildman–Crippen LogP) is 5.30. The van der Waals surface area contributed by atoms with Gasteiger partial charge in [0.25, 0.3) is 0 Å². The van der Waals surface area contributed by atoms with Crippen molar-refractivity contribution in [3.8, 4) is 5.69 Å². The van der Waals surface area contributed by atoms with Crippen LogP contribution in [0.5, 0.6) is 0 Å². The lowest BCUT2D eigenvalue weighted by Crippen LogP contribution is -2.27. The Morgan fingerprint density at radius 1 is 1.00 bits per heavy atom. The van der Waals surface area contributed by atoms with E-state index in [1.807, 2.05) is 60.7 Å². The lowest BCUT2D eigenvalue weighted by molar-refractivity contribution is -0.117. The number of amides is 1. The van der Waals surface area contributed by atoms with Crippen molar-refractivity contribution in [3.63, 3.8) is 0 Å². The molecule has 0 unspecified atom stereocenters. The predicted molar refractivity (Wildman–Crippen MR) is 130 cm³/mol. The normalized spacial score (nSPS) is 11.2. The van der Waals surface area contributed by atoms with E-state index in [1.165, 1.54) is 23.2 Å². The van der Waals surface area contributed by atoms with E-state index in [-0.39, 0.29) is 12.3 Å². The number of anilines is 2. The van der Waals surface area contributed by atoms with E-state index in [0.29, 0.717) is 11.0 Å². The van der Waals surface area contributed by atoms with E-state index in [4.69, 9.17) is 4.98 Å². The molecule has 0 aliphatic heterocycles. The second-order valence-electron chi connectivity index (χ2n) is 8.04. The number of rotatable bonds is 6. The maximum atomic E-state index is 13.6. The highest BCUT2D eigenvalue weighted by Crippen LogP contribution is 2.34. The fourth-order valence-electron chi connectivity index (χ4n) is 3.62. The molecule has 0 bridgehead atoms. The number of para-hydroxylation sites is 1. The van der Waals surface area contributed by atoms with Gasteiger partial charge in [0.15, 0.2) is 5.13 Å². The second-order valence-corrected chi connectivity index (χ2v) is 9.05. The molecular formula is C25H22N6OS. The summed E-state index contributed by atoms with van der Waals surface area (Å²) in [5.74, 6) is 0.380. The summed E-state index contributed by atoms with van der Waals surface area (Å²) in [5, 5.41) is 11.9. The Kier molecular flexibility index (Phi) is 5.66. The summed E-state index contributed by atoms with van der Waals surface area (Å²) in [6, 6.07) is 23.7. The van der Waals surface area contributed by atoms with Gasteiger partial charge in [-0.25, -0.2) is 9.67 Å². The van der Waals surface area contributed by atoms with E-state index >= 15 is 0 Å². The summed E-state index contributed by atoms with van der Waals surface area (Å²) >= 11 is 1.52. The van der Waals surface area contributed by atoms with Gasteiger partial charge in [-0.05, 0) is 63.9 Å². The molecule has 0 N–H and O–H groups in total. The van der Waals surface area contributed by atoms with Crippen molar-refractivity contribution in [1.29, 1.82) is 0 Å². The van der Waals surface area contributed by atoms with Gasteiger partial charge < -0.3 is 0 Å². The van der Waals surface area contributed by atoms with Gasteiger partial charge in [0, 0.05) is 0 Å². The largest absolute Gasteiger partial charge is 0.274 e. The standard InChI is InChI=1S/C25H22N6OS/c1-17(2)19-9-13-21(14-10-19)31(25-27-22-5-3-4-6-23(22)33-25)24(32)15-18-7-11-20(12-8-18)30-16-26-28-29-30/h3-14,16-17H,15H2,1-2H3. The highest BCUT2D eigenvalue weighted by molar-refractivity contribution is 7.22. The molecule has 2 heterocycles. The minimum Gasteiger partial charge on any atom is -0.274 e. The van der Waals surface area contributed by atoms with E-state index < -0.39 is 0 Å². The molecule has 0 aliphatic rings. The molecule has 0 saturated heterocycles. The Labute approximate surface area is 195 Å². The third-order valence-corrected chi connectivity index (χ3v) is 6.47. The molecule has 0 fully saturated rings. The molecule has 0 atom stereocenters. The Balaban J connectivity index is 1.47. The first kappa shape index (κ1) is 21.0. The van der Waals surface area contributed by atoms with Crippen molar-refractivity contribution in [1.82, 2.24) is 25.2 Å². The minimum atomic E-state index is -0.0403. The maximum absolute atomic E-state index is 13.6. The minimum absolute atomic E-state index is 0.0403. The van der Waals surface area contributed by atoms with Gasteiger partial charge in [-0.15, -0.1) is 5.10 Å². The van der Waals surface area contributed by atoms with Gasteiger partial charge in [0.2, 0.25) is 5.91 Å². The average molecular weight is 455 g/mol. The molecular weight excluding hydrogens is 432 g/mol. The van der Waals surface area contributed by atoms with Crippen LogP contribution in [0.15, 0.2) is 79.1 Å². The highest BCUT2D eigenvalue weighted by atomic mass is 32.1. The van der Waals surface area contributed by atoms with Gasteiger partial charge in [-0.3, -0.25) is 9.69 Å². The number of benzene rings is 3. The molecule has 33 heavy (non-hydrogen) atoms. The summed E-state index contributed by atoms with van der Waals surface area (Å²) in [6.07, 6.45) is 1.79. The zero-order chi connectivity index (χ0) is 22.8. The smallest absolute Gasteiger partial charge is 0.237 e. The molecule has 0 aliphatic carbocycles. The van der Waals surface area contributed by atoms with Crippen LogP contribution in [0.1, 0.15) is 30.9 Å². The Morgan fingerprint density at radius 3 is 2.42 bits per heavy atom. The zero-order valence-corrected chi connectivity index (χ0v) is 19.1. The molecule has 0 spiro atoms. The summed E-state index contributed by atoms with van der Waals surface area (Å²) in [5.41, 5.74) is 4.67. The maximum Gasteiger partial charge on any atom is 0.237 e. The Bertz CT molecular complexity index is 1340. The summed E-state index contributed by atoms with van der Waals surface area (Å²) in [6.45, 7) is 4.31. The third-order valence-electron chi connectivity index (χ3n) is 5.45.